The van der Waals surface area contributed by atoms with E-state index in [1.165, 1.54) is 11.4 Å². The summed E-state index contributed by atoms with van der Waals surface area (Å²) in [5.41, 5.74) is 0.991. The van der Waals surface area contributed by atoms with Gasteiger partial charge < -0.3 is 4.74 Å². The Bertz CT molecular complexity index is 723. The molecule has 1 fully saturated rings. The normalized spacial score (nSPS) is 27.7. The van der Waals surface area contributed by atoms with Gasteiger partial charge in [0.2, 0.25) is 10.0 Å². The number of rotatable bonds is 3. The van der Waals surface area contributed by atoms with E-state index in [1.807, 2.05) is 19.1 Å². The highest BCUT2D eigenvalue weighted by atomic mass is 32.2. The lowest BCUT2D eigenvalue weighted by molar-refractivity contribution is -0.144. The van der Waals surface area contributed by atoms with Crippen molar-refractivity contribution in [1.29, 1.82) is 0 Å². The van der Waals surface area contributed by atoms with Crippen molar-refractivity contribution in [2.24, 2.45) is 5.92 Å². The molecule has 0 saturated carbocycles. The van der Waals surface area contributed by atoms with Gasteiger partial charge in [-0.2, -0.15) is 4.31 Å². The van der Waals surface area contributed by atoms with Gasteiger partial charge in [0.15, 0.2) is 0 Å². The summed E-state index contributed by atoms with van der Waals surface area (Å²) in [5.74, 6) is -0.312. The van der Waals surface area contributed by atoms with Crippen molar-refractivity contribution in [1.82, 2.24) is 4.31 Å². The maximum atomic E-state index is 13.1. The van der Waals surface area contributed by atoms with Crippen LogP contribution in [0.5, 0.6) is 0 Å². The first-order chi connectivity index (χ1) is 10.9. The number of carbonyl (C=O) groups is 1. The van der Waals surface area contributed by atoms with E-state index < -0.39 is 22.0 Å². The van der Waals surface area contributed by atoms with Crippen LogP contribution in [0.25, 0.3) is 0 Å². The number of hydrogen-bond donors (Lipinski definition) is 0. The second-order valence-electron chi connectivity index (χ2n) is 6.18. The Morgan fingerprint density at radius 2 is 1.96 bits per heavy atom. The zero-order valence-electron chi connectivity index (χ0n) is 13.3. The van der Waals surface area contributed by atoms with Crippen molar-refractivity contribution < 1.29 is 17.9 Å². The molecule has 0 bridgehead atoms. The third kappa shape index (κ3) is 2.81. The quantitative estimate of drug-likeness (QED) is 0.628. The van der Waals surface area contributed by atoms with E-state index >= 15 is 0 Å². The first-order valence-corrected chi connectivity index (χ1v) is 9.24. The molecule has 1 aromatic rings. The Morgan fingerprint density at radius 3 is 2.61 bits per heavy atom. The lowest BCUT2D eigenvalue weighted by Gasteiger charge is -2.29. The Balaban J connectivity index is 2.04. The standard InChI is InChI=1S/C17H21NO4S/c1-12-7-9-14(10-8-12)23(20,21)18-15-6-4-3-5-13(15)11-16(18)17(19)22-2/h4,6-10,13,15-16H,3,5,11H2,1-2H3/t13-,15-,16+/m1/s1. The number of esters is 1. The number of allylic oxidation sites excluding steroid dienone is 1. The van der Waals surface area contributed by atoms with E-state index in [-0.39, 0.29) is 16.9 Å². The third-order valence-electron chi connectivity index (χ3n) is 4.72. The predicted octanol–water partition coefficient (Wildman–Crippen LogP) is 2.27. The summed E-state index contributed by atoms with van der Waals surface area (Å²) >= 11 is 0. The Morgan fingerprint density at radius 1 is 1.26 bits per heavy atom. The van der Waals surface area contributed by atoms with Gasteiger partial charge in [0.25, 0.3) is 0 Å². The molecule has 6 heteroatoms. The number of hydrogen-bond acceptors (Lipinski definition) is 4. The van der Waals surface area contributed by atoms with E-state index in [2.05, 4.69) is 0 Å². The highest BCUT2D eigenvalue weighted by Gasteiger charge is 2.50. The van der Waals surface area contributed by atoms with Crippen LogP contribution in [-0.4, -0.2) is 37.9 Å². The van der Waals surface area contributed by atoms with Gasteiger partial charge in [-0.15, -0.1) is 0 Å². The molecule has 1 aliphatic heterocycles. The van der Waals surface area contributed by atoms with Crippen LogP contribution in [0.3, 0.4) is 0 Å². The summed E-state index contributed by atoms with van der Waals surface area (Å²) in [7, 11) is -2.45. The van der Waals surface area contributed by atoms with Gasteiger partial charge in [-0.25, -0.2) is 8.42 Å². The third-order valence-corrected chi connectivity index (χ3v) is 6.64. The number of sulfonamides is 1. The van der Waals surface area contributed by atoms with Crippen LogP contribution in [0.4, 0.5) is 0 Å². The fourth-order valence-corrected chi connectivity index (χ4v) is 5.31. The number of aryl methyl sites for hydroxylation is 1. The minimum atomic E-state index is -3.75. The predicted molar refractivity (Wildman–Crippen MR) is 86.3 cm³/mol. The maximum absolute atomic E-state index is 13.1. The van der Waals surface area contributed by atoms with Crippen molar-refractivity contribution in [2.75, 3.05) is 7.11 Å². The largest absolute Gasteiger partial charge is 0.468 e. The van der Waals surface area contributed by atoms with Gasteiger partial charge in [-0.1, -0.05) is 29.8 Å². The van der Waals surface area contributed by atoms with Crippen molar-refractivity contribution in [3.8, 4) is 0 Å². The molecule has 0 N–H and O–H groups in total. The zero-order valence-corrected chi connectivity index (χ0v) is 14.1. The molecule has 0 amide bonds. The zero-order chi connectivity index (χ0) is 16.6. The van der Waals surface area contributed by atoms with Crippen LogP contribution in [0.2, 0.25) is 0 Å². The number of methoxy groups -OCH3 is 1. The first-order valence-electron chi connectivity index (χ1n) is 7.80. The molecule has 0 unspecified atom stereocenters. The molecular formula is C17H21NO4S. The second-order valence-corrected chi connectivity index (χ2v) is 8.02. The number of ether oxygens (including phenoxy) is 1. The minimum absolute atomic E-state index is 0.171. The Kier molecular flexibility index (Phi) is 4.29. The van der Waals surface area contributed by atoms with Gasteiger partial charge in [0, 0.05) is 6.04 Å². The van der Waals surface area contributed by atoms with Crippen LogP contribution >= 0.6 is 0 Å². The molecular weight excluding hydrogens is 314 g/mol. The fourth-order valence-electron chi connectivity index (χ4n) is 3.52. The fraction of sp³-hybridized carbons (Fsp3) is 0.471. The summed E-state index contributed by atoms with van der Waals surface area (Å²) in [4.78, 5) is 12.4. The van der Waals surface area contributed by atoms with E-state index in [4.69, 9.17) is 4.74 Å². The van der Waals surface area contributed by atoms with Gasteiger partial charge in [-0.3, -0.25) is 4.79 Å². The SMILES string of the molecule is COC(=O)[C@@H]1C[C@H]2CCC=C[C@H]2N1S(=O)(=O)c1ccc(C)cc1. The molecule has 1 aliphatic carbocycles. The summed E-state index contributed by atoms with van der Waals surface area (Å²) in [6.45, 7) is 1.91. The van der Waals surface area contributed by atoms with Crippen molar-refractivity contribution in [3.63, 3.8) is 0 Å². The molecule has 0 radical (unpaired) electrons. The number of carbonyl (C=O) groups excluding carboxylic acids is 1. The Hall–Kier alpha value is -1.66. The van der Waals surface area contributed by atoms with Crippen LogP contribution in [0.1, 0.15) is 24.8 Å². The van der Waals surface area contributed by atoms with Crippen LogP contribution in [0, 0.1) is 12.8 Å². The maximum Gasteiger partial charge on any atom is 0.324 e. The van der Waals surface area contributed by atoms with Crippen LogP contribution < -0.4 is 0 Å². The average Bonchev–Trinajstić information content (AvgIpc) is 2.94. The van der Waals surface area contributed by atoms with Gasteiger partial charge >= 0.3 is 5.97 Å². The van der Waals surface area contributed by atoms with E-state index in [0.29, 0.717) is 6.42 Å². The van der Waals surface area contributed by atoms with E-state index in [1.54, 1.807) is 24.3 Å². The van der Waals surface area contributed by atoms with Crippen molar-refractivity contribution in [2.45, 2.75) is 43.2 Å². The van der Waals surface area contributed by atoms with Crippen molar-refractivity contribution >= 4 is 16.0 Å². The first kappa shape index (κ1) is 16.2. The topological polar surface area (TPSA) is 63.7 Å². The molecule has 0 spiro atoms. The summed E-state index contributed by atoms with van der Waals surface area (Å²) in [6.07, 6.45) is 6.26. The molecule has 3 atom stereocenters. The summed E-state index contributed by atoms with van der Waals surface area (Å²) in [6, 6.07) is 5.72. The molecule has 1 aromatic carbocycles. The summed E-state index contributed by atoms with van der Waals surface area (Å²) in [5, 5.41) is 0. The number of fused-ring (bicyclic) bond motifs is 1. The lowest BCUT2D eigenvalue weighted by Crippen LogP contribution is -2.45. The monoisotopic (exact) mass is 335 g/mol. The molecule has 124 valence electrons. The average molecular weight is 335 g/mol. The summed E-state index contributed by atoms with van der Waals surface area (Å²) < 4.78 is 32.4. The van der Waals surface area contributed by atoms with Crippen molar-refractivity contribution in [3.05, 3.63) is 42.0 Å². The molecule has 1 saturated heterocycles. The smallest absolute Gasteiger partial charge is 0.324 e. The van der Waals surface area contributed by atoms with Gasteiger partial charge in [0.1, 0.15) is 6.04 Å². The van der Waals surface area contributed by atoms with Gasteiger partial charge in [-0.05, 0) is 44.2 Å². The minimum Gasteiger partial charge on any atom is -0.468 e. The number of nitrogens with zero attached hydrogens (tertiary/aromatic N) is 1. The molecule has 3 rings (SSSR count). The number of benzene rings is 1. The Labute approximate surface area is 137 Å². The van der Waals surface area contributed by atoms with Gasteiger partial charge in [0.05, 0.1) is 12.0 Å². The lowest BCUT2D eigenvalue weighted by atomic mass is 9.90. The molecule has 5 nitrogen and oxygen atoms in total. The molecule has 1 heterocycles. The second kappa shape index (κ2) is 6.09. The highest BCUT2D eigenvalue weighted by Crippen LogP contribution is 2.40. The van der Waals surface area contributed by atoms with E-state index in [9.17, 15) is 13.2 Å². The molecule has 2 aliphatic rings. The molecule has 23 heavy (non-hydrogen) atoms. The van der Waals surface area contributed by atoms with Crippen LogP contribution in [0.15, 0.2) is 41.3 Å². The molecule has 0 aromatic heterocycles. The van der Waals surface area contributed by atoms with E-state index in [0.717, 1.165) is 18.4 Å². The van der Waals surface area contributed by atoms with Crippen LogP contribution in [-0.2, 0) is 19.6 Å². The highest BCUT2D eigenvalue weighted by molar-refractivity contribution is 7.89.